The number of halogens is 1. The quantitative estimate of drug-likeness (QED) is 0.796. The van der Waals surface area contributed by atoms with Gasteiger partial charge in [-0.05, 0) is 29.8 Å². The highest BCUT2D eigenvalue weighted by atomic mass is 19.1. The van der Waals surface area contributed by atoms with Gasteiger partial charge in [-0.2, -0.15) is 0 Å². The van der Waals surface area contributed by atoms with Gasteiger partial charge in [0, 0.05) is 12.6 Å². The zero-order valence-corrected chi connectivity index (χ0v) is 13.4. The molecule has 6 nitrogen and oxygen atoms in total. The molecule has 1 atom stereocenters. The van der Waals surface area contributed by atoms with Crippen LogP contribution in [0.25, 0.3) is 0 Å². The van der Waals surface area contributed by atoms with Crippen LogP contribution in [0.3, 0.4) is 0 Å². The number of hydrogen-bond donors (Lipinski definition) is 2. The summed E-state index contributed by atoms with van der Waals surface area (Å²) < 4.78 is 28.7. The summed E-state index contributed by atoms with van der Waals surface area (Å²) in [6, 6.07) is 10.8. The third kappa shape index (κ3) is 4.84. The molecule has 2 N–H and O–H groups in total. The van der Waals surface area contributed by atoms with Crippen LogP contribution in [-0.2, 0) is 11.2 Å². The van der Waals surface area contributed by atoms with Crippen LogP contribution in [-0.4, -0.2) is 37.1 Å². The van der Waals surface area contributed by atoms with Gasteiger partial charge < -0.3 is 24.6 Å². The van der Waals surface area contributed by atoms with E-state index in [9.17, 15) is 14.3 Å². The summed E-state index contributed by atoms with van der Waals surface area (Å²) in [7, 11) is 0. The number of carbonyl (C=O) groups excluding carboxylic acids is 1. The average molecular weight is 347 g/mol. The summed E-state index contributed by atoms with van der Waals surface area (Å²) in [5.74, 6) is 1.19. The number of aliphatic hydroxyl groups excluding tert-OH is 1. The van der Waals surface area contributed by atoms with Crippen molar-refractivity contribution < 1.29 is 28.5 Å². The van der Waals surface area contributed by atoms with E-state index in [2.05, 4.69) is 5.32 Å². The van der Waals surface area contributed by atoms with E-state index in [1.807, 2.05) is 0 Å². The second-order valence-corrected chi connectivity index (χ2v) is 5.59. The van der Waals surface area contributed by atoms with Crippen molar-refractivity contribution in [3.63, 3.8) is 0 Å². The Morgan fingerprint density at radius 1 is 1.20 bits per heavy atom. The molecule has 25 heavy (non-hydrogen) atoms. The maximum Gasteiger partial charge on any atom is 0.231 e. The van der Waals surface area contributed by atoms with Crippen LogP contribution >= 0.6 is 0 Å². The molecule has 0 saturated carbocycles. The third-order valence-corrected chi connectivity index (χ3v) is 3.60. The largest absolute Gasteiger partial charge is 0.491 e. The summed E-state index contributed by atoms with van der Waals surface area (Å²) in [6.45, 7) is 0.266. The van der Waals surface area contributed by atoms with Crippen molar-refractivity contribution in [3.05, 3.63) is 53.8 Å². The van der Waals surface area contributed by atoms with Crippen molar-refractivity contribution in [1.29, 1.82) is 0 Å². The van der Waals surface area contributed by atoms with Crippen molar-refractivity contribution >= 4 is 5.91 Å². The first-order chi connectivity index (χ1) is 12.1. The number of fused-ring (bicyclic) bond motifs is 1. The van der Waals surface area contributed by atoms with E-state index in [0.717, 1.165) is 0 Å². The Bertz CT molecular complexity index is 735. The lowest BCUT2D eigenvalue weighted by atomic mass is 10.1. The molecule has 0 unspecified atom stereocenters. The molecule has 1 aliphatic rings. The molecule has 1 aliphatic heterocycles. The Labute approximate surface area is 144 Å². The van der Waals surface area contributed by atoms with Gasteiger partial charge in [0.2, 0.25) is 12.7 Å². The lowest BCUT2D eigenvalue weighted by molar-refractivity contribution is -0.121. The second kappa shape index (κ2) is 7.85. The molecule has 2 aromatic rings. The number of benzene rings is 2. The van der Waals surface area contributed by atoms with Crippen molar-refractivity contribution in [2.45, 2.75) is 12.5 Å². The monoisotopic (exact) mass is 347 g/mol. The highest BCUT2D eigenvalue weighted by molar-refractivity contribution is 5.78. The molecule has 7 heteroatoms. The minimum Gasteiger partial charge on any atom is -0.491 e. The summed E-state index contributed by atoms with van der Waals surface area (Å²) in [5, 5.41) is 12.5. The van der Waals surface area contributed by atoms with Crippen LogP contribution in [0.5, 0.6) is 17.2 Å². The van der Waals surface area contributed by atoms with E-state index in [1.54, 1.807) is 30.3 Å². The van der Waals surface area contributed by atoms with Crippen molar-refractivity contribution in [2.75, 3.05) is 19.9 Å². The van der Waals surface area contributed by atoms with Gasteiger partial charge in [0.05, 0.1) is 6.42 Å². The molecule has 3 rings (SSSR count). The molecule has 0 radical (unpaired) electrons. The Morgan fingerprint density at radius 3 is 2.76 bits per heavy atom. The van der Waals surface area contributed by atoms with Crippen molar-refractivity contribution in [1.82, 2.24) is 5.32 Å². The van der Waals surface area contributed by atoms with Gasteiger partial charge in [0.25, 0.3) is 0 Å². The first-order valence-corrected chi connectivity index (χ1v) is 7.82. The number of amides is 1. The summed E-state index contributed by atoms with van der Waals surface area (Å²) in [5.41, 5.74) is 0.699. The van der Waals surface area contributed by atoms with E-state index < -0.39 is 6.10 Å². The lowest BCUT2D eigenvalue weighted by Gasteiger charge is -2.13. The molecule has 0 fully saturated rings. The average Bonchev–Trinajstić information content (AvgIpc) is 3.08. The fourth-order valence-electron chi connectivity index (χ4n) is 2.30. The maximum atomic E-state index is 12.8. The van der Waals surface area contributed by atoms with Crippen molar-refractivity contribution in [2.24, 2.45) is 0 Å². The molecule has 0 bridgehead atoms. The number of aliphatic hydroxyl groups is 1. The smallest absolute Gasteiger partial charge is 0.231 e. The Kier molecular flexibility index (Phi) is 5.35. The Morgan fingerprint density at radius 2 is 1.96 bits per heavy atom. The Hall–Kier alpha value is -2.80. The standard InChI is InChI=1S/C18H18FNO5/c19-13-3-1-12(2-4-13)7-18(22)20-9-14(21)10-23-15-5-6-16-17(8-15)25-11-24-16/h1-6,8,14,21H,7,9-11H2,(H,20,22)/t14-/m0/s1. The van der Waals surface area contributed by atoms with Crippen LogP contribution < -0.4 is 19.5 Å². The van der Waals surface area contributed by atoms with Crippen LogP contribution in [0.2, 0.25) is 0 Å². The molecule has 0 spiro atoms. The van der Waals surface area contributed by atoms with Crippen LogP contribution in [0.4, 0.5) is 4.39 Å². The fourth-order valence-corrected chi connectivity index (χ4v) is 2.30. The predicted molar refractivity (Wildman–Crippen MR) is 87.2 cm³/mol. The summed E-state index contributed by atoms with van der Waals surface area (Å²) in [4.78, 5) is 11.8. The third-order valence-electron chi connectivity index (χ3n) is 3.60. The number of nitrogens with one attached hydrogen (secondary N) is 1. The Balaban J connectivity index is 1.39. The molecular formula is C18H18FNO5. The summed E-state index contributed by atoms with van der Waals surface area (Å²) in [6.07, 6.45) is -0.738. The molecule has 0 aliphatic carbocycles. The van der Waals surface area contributed by atoms with E-state index >= 15 is 0 Å². The van der Waals surface area contributed by atoms with E-state index in [4.69, 9.17) is 14.2 Å². The van der Waals surface area contributed by atoms with Gasteiger partial charge >= 0.3 is 0 Å². The highest BCUT2D eigenvalue weighted by Crippen LogP contribution is 2.35. The molecule has 0 aromatic heterocycles. The highest BCUT2D eigenvalue weighted by Gasteiger charge is 2.14. The molecule has 0 saturated heterocycles. The normalized spacial score (nSPS) is 13.4. The molecular weight excluding hydrogens is 329 g/mol. The van der Waals surface area contributed by atoms with E-state index in [1.165, 1.54) is 12.1 Å². The van der Waals surface area contributed by atoms with Crippen LogP contribution in [0.15, 0.2) is 42.5 Å². The molecule has 1 amide bonds. The zero-order chi connectivity index (χ0) is 17.6. The second-order valence-electron chi connectivity index (χ2n) is 5.59. The lowest BCUT2D eigenvalue weighted by Crippen LogP contribution is -2.36. The topological polar surface area (TPSA) is 77.0 Å². The number of hydrogen-bond acceptors (Lipinski definition) is 5. The molecule has 132 valence electrons. The number of rotatable bonds is 7. The first kappa shape index (κ1) is 17.0. The van der Waals surface area contributed by atoms with Gasteiger partial charge in [-0.1, -0.05) is 12.1 Å². The van der Waals surface area contributed by atoms with Crippen LogP contribution in [0.1, 0.15) is 5.56 Å². The van der Waals surface area contributed by atoms with E-state index in [-0.39, 0.29) is 38.1 Å². The van der Waals surface area contributed by atoms with Gasteiger partial charge in [-0.25, -0.2) is 4.39 Å². The van der Waals surface area contributed by atoms with E-state index in [0.29, 0.717) is 22.8 Å². The SMILES string of the molecule is O=C(Cc1ccc(F)cc1)NC[C@H](O)COc1ccc2c(c1)OCO2. The first-order valence-electron chi connectivity index (χ1n) is 7.82. The number of ether oxygens (including phenoxy) is 3. The maximum absolute atomic E-state index is 12.8. The molecule has 2 aromatic carbocycles. The fraction of sp³-hybridized carbons (Fsp3) is 0.278. The van der Waals surface area contributed by atoms with Gasteiger partial charge in [-0.3, -0.25) is 4.79 Å². The zero-order valence-electron chi connectivity index (χ0n) is 13.4. The minimum atomic E-state index is -0.859. The number of carbonyl (C=O) groups is 1. The van der Waals surface area contributed by atoms with Gasteiger partial charge in [0.15, 0.2) is 11.5 Å². The predicted octanol–water partition coefficient (Wildman–Crippen LogP) is 1.65. The summed E-state index contributed by atoms with van der Waals surface area (Å²) >= 11 is 0. The van der Waals surface area contributed by atoms with Gasteiger partial charge in [-0.15, -0.1) is 0 Å². The molecule has 1 heterocycles. The minimum absolute atomic E-state index is 0.0243. The van der Waals surface area contributed by atoms with Gasteiger partial charge in [0.1, 0.15) is 24.3 Å². The van der Waals surface area contributed by atoms with Crippen LogP contribution in [0, 0.1) is 5.82 Å². The van der Waals surface area contributed by atoms with Crippen molar-refractivity contribution in [3.8, 4) is 17.2 Å².